The molecule has 13 heavy (non-hydrogen) atoms. The number of fused-ring (bicyclic) bond motifs is 1. The molecule has 0 saturated heterocycles. The first-order valence-electron chi connectivity index (χ1n) is 3.72. The summed E-state index contributed by atoms with van der Waals surface area (Å²) in [7, 11) is 0. The highest BCUT2D eigenvalue weighted by Gasteiger charge is 2.17. The van der Waals surface area contributed by atoms with E-state index in [4.69, 9.17) is 5.73 Å². The number of hydrogen-bond donors (Lipinski definition) is 1. The van der Waals surface area contributed by atoms with Gasteiger partial charge in [-0.1, -0.05) is 11.8 Å². The van der Waals surface area contributed by atoms with E-state index in [0.29, 0.717) is 11.7 Å². The number of hydrogen-bond acceptors (Lipinski definition) is 4. The molecule has 2 heterocycles. The minimum absolute atomic E-state index is 0.0359. The van der Waals surface area contributed by atoms with Crippen molar-refractivity contribution in [3.05, 3.63) is 22.1 Å². The van der Waals surface area contributed by atoms with Crippen LogP contribution in [0, 0.1) is 0 Å². The van der Waals surface area contributed by atoms with Crippen molar-refractivity contribution in [3.8, 4) is 0 Å². The van der Waals surface area contributed by atoms with Gasteiger partial charge in [-0.05, 0) is 0 Å². The van der Waals surface area contributed by atoms with Crippen LogP contribution in [0.1, 0.15) is 10.4 Å². The van der Waals surface area contributed by atoms with E-state index in [2.05, 4.69) is 4.98 Å². The smallest absolute Gasteiger partial charge is 0.267 e. The fraction of sp³-hybridized carbons (Fsp3) is 0.286. The molecule has 0 bridgehead atoms. The molecule has 0 atom stereocenters. The lowest BCUT2D eigenvalue weighted by molar-refractivity contribution is 0.0997. The van der Waals surface area contributed by atoms with Gasteiger partial charge in [-0.15, -0.1) is 0 Å². The highest BCUT2D eigenvalue weighted by molar-refractivity contribution is 7.99. The van der Waals surface area contributed by atoms with Crippen molar-refractivity contribution >= 4 is 17.7 Å². The van der Waals surface area contributed by atoms with Crippen LogP contribution in [0.3, 0.4) is 0 Å². The van der Waals surface area contributed by atoms with Crippen LogP contribution in [0.25, 0.3) is 0 Å². The van der Waals surface area contributed by atoms with Crippen LogP contribution in [0.2, 0.25) is 0 Å². The SMILES string of the molecule is NC(=O)c1cnc2n(c1=O)CCS2. The fourth-order valence-corrected chi connectivity index (χ4v) is 2.10. The summed E-state index contributed by atoms with van der Waals surface area (Å²) in [6.45, 7) is 0.604. The van der Waals surface area contributed by atoms with Crippen molar-refractivity contribution < 1.29 is 4.79 Å². The van der Waals surface area contributed by atoms with E-state index in [0.717, 1.165) is 5.75 Å². The number of nitrogens with zero attached hydrogens (tertiary/aromatic N) is 2. The number of carbonyl (C=O) groups excluding carboxylic acids is 1. The molecule has 0 unspecified atom stereocenters. The minimum atomic E-state index is -0.718. The van der Waals surface area contributed by atoms with Gasteiger partial charge in [0.15, 0.2) is 5.16 Å². The molecule has 0 fully saturated rings. The molecule has 0 aromatic carbocycles. The van der Waals surface area contributed by atoms with E-state index in [1.807, 2.05) is 0 Å². The summed E-state index contributed by atoms with van der Waals surface area (Å²) < 4.78 is 1.48. The molecule has 2 N–H and O–H groups in total. The van der Waals surface area contributed by atoms with Crippen LogP contribution in [-0.2, 0) is 6.54 Å². The van der Waals surface area contributed by atoms with Gasteiger partial charge in [0, 0.05) is 18.5 Å². The van der Waals surface area contributed by atoms with E-state index in [1.165, 1.54) is 22.5 Å². The van der Waals surface area contributed by atoms with Crippen molar-refractivity contribution in [1.29, 1.82) is 0 Å². The van der Waals surface area contributed by atoms with Crippen molar-refractivity contribution in [2.45, 2.75) is 11.7 Å². The zero-order chi connectivity index (χ0) is 9.42. The Labute approximate surface area is 78.0 Å². The first kappa shape index (κ1) is 8.31. The van der Waals surface area contributed by atoms with Gasteiger partial charge in [-0.3, -0.25) is 14.2 Å². The third kappa shape index (κ3) is 1.23. The van der Waals surface area contributed by atoms with Gasteiger partial charge in [0.05, 0.1) is 0 Å². The lowest BCUT2D eigenvalue weighted by atomic mass is 10.3. The van der Waals surface area contributed by atoms with Gasteiger partial charge in [0.25, 0.3) is 11.5 Å². The number of rotatable bonds is 1. The second kappa shape index (κ2) is 2.88. The van der Waals surface area contributed by atoms with E-state index < -0.39 is 5.91 Å². The summed E-state index contributed by atoms with van der Waals surface area (Å²) in [5, 5.41) is 0.662. The fourth-order valence-electron chi connectivity index (χ4n) is 1.19. The molecular weight excluding hydrogens is 190 g/mol. The Hall–Kier alpha value is -1.30. The molecule has 1 aliphatic heterocycles. The van der Waals surface area contributed by atoms with Crippen LogP contribution < -0.4 is 11.3 Å². The predicted molar refractivity (Wildman–Crippen MR) is 47.7 cm³/mol. The Morgan fingerprint density at radius 2 is 2.46 bits per heavy atom. The maximum atomic E-state index is 11.5. The maximum absolute atomic E-state index is 11.5. The summed E-state index contributed by atoms with van der Waals surface area (Å²) in [4.78, 5) is 26.3. The normalized spacial score (nSPS) is 14.2. The summed E-state index contributed by atoms with van der Waals surface area (Å²) >= 11 is 1.50. The Morgan fingerprint density at radius 1 is 1.69 bits per heavy atom. The van der Waals surface area contributed by atoms with Crippen LogP contribution >= 0.6 is 11.8 Å². The topological polar surface area (TPSA) is 78.0 Å². The van der Waals surface area contributed by atoms with E-state index in [9.17, 15) is 9.59 Å². The Balaban J connectivity index is 2.66. The van der Waals surface area contributed by atoms with Crippen LogP contribution in [-0.4, -0.2) is 21.2 Å². The third-order valence-electron chi connectivity index (χ3n) is 1.82. The average Bonchev–Trinajstić information content (AvgIpc) is 2.52. The number of aromatic nitrogens is 2. The van der Waals surface area contributed by atoms with Gasteiger partial charge in [0.1, 0.15) is 5.56 Å². The maximum Gasteiger partial charge on any atom is 0.267 e. The molecule has 1 aromatic rings. The molecule has 5 nitrogen and oxygen atoms in total. The van der Waals surface area contributed by atoms with Gasteiger partial charge in [-0.25, -0.2) is 4.98 Å². The molecule has 2 rings (SSSR count). The number of primary amides is 1. The highest BCUT2D eigenvalue weighted by atomic mass is 32.2. The van der Waals surface area contributed by atoms with Crippen molar-refractivity contribution in [2.24, 2.45) is 5.73 Å². The van der Waals surface area contributed by atoms with Crippen LogP contribution in [0.5, 0.6) is 0 Å². The lowest BCUT2D eigenvalue weighted by Crippen LogP contribution is -2.29. The monoisotopic (exact) mass is 197 g/mol. The Kier molecular flexibility index (Phi) is 1.84. The third-order valence-corrected chi connectivity index (χ3v) is 2.79. The van der Waals surface area contributed by atoms with E-state index >= 15 is 0 Å². The first-order chi connectivity index (χ1) is 6.20. The van der Waals surface area contributed by atoms with Gasteiger partial charge in [0.2, 0.25) is 0 Å². The molecule has 6 heteroatoms. The number of nitrogens with two attached hydrogens (primary N) is 1. The van der Waals surface area contributed by atoms with Crippen LogP contribution in [0.15, 0.2) is 16.1 Å². The summed E-state index contributed by atoms with van der Waals surface area (Å²) in [5.41, 5.74) is 4.64. The number of thioether (sulfide) groups is 1. The molecular formula is C7H7N3O2S. The lowest BCUT2D eigenvalue weighted by Gasteiger charge is -2.01. The average molecular weight is 197 g/mol. The van der Waals surface area contributed by atoms with Crippen LogP contribution in [0.4, 0.5) is 0 Å². The predicted octanol–water partition coefficient (Wildman–Crippen LogP) is -0.552. The van der Waals surface area contributed by atoms with Gasteiger partial charge in [-0.2, -0.15) is 0 Å². The zero-order valence-electron chi connectivity index (χ0n) is 6.69. The molecule has 0 spiro atoms. The highest BCUT2D eigenvalue weighted by Crippen LogP contribution is 2.20. The van der Waals surface area contributed by atoms with Gasteiger partial charge >= 0.3 is 0 Å². The largest absolute Gasteiger partial charge is 0.365 e. The summed E-state index contributed by atoms with van der Waals surface area (Å²) in [6.07, 6.45) is 1.24. The number of amides is 1. The molecule has 0 aliphatic carbocycles. The van der Waals surface area contributed by atoms with Gasteiger partial charge < -0.3 is 5.73 Å². The minimum Gasteiger partial charge on any atom is -0.365 e. The summed E-state index contributed by atoms with van der Waals surface area (Å²) in [5.74, 6) is 0.106. The van der Waals surface area contributed by atoms with E-state index in [1.54, 1.807) is 0 Å². The zero-order valence-corrected chi connectivity index (χ0v) is 7.50. The Morgan fingerprint density at radius 3 is 3.15 bits per heavy atom. The first-order valence-corrected chi connectivity index (χ1v) is 4.71. The molecule has 1 aromatic heterocycles. The van der Waals surface area contributed by atoms with Crippen molar-refractivity contribution in [2.75, 3.05) is 5.75 Å². The summed E-state index contributed by atoms with van der Waals surface area (Å²) in [6, 6.07) is 0. The molecule has 68 valence electrons. The van der Waals surface area contributed by atoms with Crippen molar-refractivity contribution in [3.63, 3.8) is 0 Å². The molecule has 0 saturated carbocycles. The second-order valence-electron chi connectivity index (χ2n) is 2.62. The second-order valence-corrected chi connectivity index (χ2v) is 3.69. The molecule has 1 amide bonds. The Bertz CT molecular complexity index is 426. The van der Waals surface area contributed by atoms with E-state index in [-0.39, 0.29) is 11.1 Å². The quantitative estimate of drug-likeness (QED) is 0.612. The number of carbonyl (C=O) groups is 1. The standard InChI is InChI=1S/C7H7N3O2S/c8-5(11)4-3-9-7-10(6(4)12)1-2-13-7/h3H,1-2H2,(H2,8,11). The molecule has 0 radical (unpaired) electrons. The van der Waals surface area contributed by atoms with Crippen molar-refractivity contribution in [1.82, 2.24) is 9.55 Å². The molecule has 1 aliphatic rings.